The van der Waals surface area contributed by atoms with E-state index in [1.807, 2.05) is 65.3 Å². The van der Waals surface area contributed by atoms with Crippen molar-refractivity contribution in [1.82, 2.24) is 24.7 Å². The Morgan fingerprint density at radius 1 is 0.730 bits per heavy atom. The Balaban J connectivity index is 1.79. The van der Waals surface area contributed by atoms with E-state index in [0.717, 1.165) is 27.6 Å². The second kappa shape index (κ2) is 9.48. The molecule has 0 amide bonds. The van der Waals surface area contributed by atoms with Gasteiger partial charge in [-0.3, -0.25) is 0 Å². The van der Waals surface area contributed by atoms with Crippen molar-refractivity contribution in [3.63, 3.8) is 0 Å². The number of nitrogens with zero attached hydrogens (tertiary/aromatic N) is 5. The Labute approximate surface area is 219 Å². The molecule has 6 rings (SSSR count). The smallest absolute Gasteiger partial charge is 0.213 e. The molecule has 0 bridgehead atoms. The van der Waals surface area contributed by atoms with Gasteiger partial charge in [-0.15, -0.1) is 0 Å². The molecule has 6 nitrogen and oxygen atoms in total. The Morgan fingerprint density at radius 3 is 1.81 bits per heavy atom. The number of ether oxygens (including phenoxy) is 1. The molecule has 180 valence electrons. The van der Waals surface area contributed by atoms with Gasteiger partial charge in [-0.1, -0.05) is 103 Å². The van der Waals surface area contributed by atoms with Crippen LogP contribution in [0.25, 0.3) is 22.3 Å². The Morgan fingerprint density at radius 2 is 1.30 bits per heavy atom. The van der Waals surface area contributed by atoms with Crippen molar-refractivity contribution < 1.29 is 4.74 Å². The summed E-state index contributed by atoms with van der Waals surface area (Å²) in [4.78, 5) is 13.1. The fraction of sp³-hybridized carbons (Fsp3) is 0.0667. The van der Waals surface area contributed by atoms with Gasteiger partial charge in [0.2, 0.25) is 5.88 Å². The lowest BCUT2D eigenvalue weighted by Gasteiger charge is -2.37. The van der Waals surface area contributed by atoms with Gasteiger partial charge < -0.3 is 4.74 Å². The Bertz CT molecular complexity index is 1570. The zero-order chi connectivity index (χ0) is 25.2. The molecule has 3 aromatic heterocycles. The van der Waals surface area contributed by atoms with Crippen molar-refractivity contribution >= 4 is 22.5 Å². The SMILES string of the molecule is COc1cc2c(-c3cc(Cl)ncn3)nn(C(c3ccccc3)(c3ccccc3)c3ccccc3)c2cn1. The summed E-state index contributed by atoms with van der Waals surface area (Å²) in [5, 5.41) is 6.43. The second-order valence-corrected chi connectivity index (χ2v) is 8.93. The first kappa shape index (κ1) is 22.9. The maximum atomic E-state index is 6.27. The second-order valence-electron chi connectivity index (χ2n) is 8.54. The van der Waals surface area contributed by atoms with Crippen LogP contribution in [0.5, 0.6) is 5.88 Å². The molecule has 3 aromatic carbocycles. The van der Waals surface area contributed by atoms with Crippen LogP contribution in [0.15, 0.2) is 116 Å². The summed E-state index contributed by atoms with van der Waals surface area (Å²) in [6.07, 6.45) is 3.25. The van der Waals surface area contributed by atoms with Crippen LogP contribution in [-0.4, -0.2) is 31.8 Å². The van der Waals surface area contributed by atoms with E-state index in [9.17, 15) is 0 Å². The molecule has 0 radical (unpaired) electrons. The average molecular weight is 504 g/mol. The fourth-order valence-corrected chi connectivity index (χ4v) is 5.07. The van der Waals surface area contributed by atoms with Gasteiger partial charge in [0.05, 0.1) is 24.5 Å². The van der Waals surface area contributed by atoms with Crippen LogP contribution in [0.1, 0.15) is 16.7 Å². The summed E-state index contributed by atoms with van der Waals surface area (Å²) in [6.45, 7) is 0. The van der Waals surface area contributed by atoms with Crippen molar-refractivity contribution in [2.45, 2.75) is 5.54 Å². The number of benzene rings is 3. The maximum Gasteiger partial charge on any atom is 0.213 e. The summed E-state index contributed by atoms with van der Waals surface area (Å²) in [6, 6.07) is 34.7. The first-order chi connectivity index (χ1) is 18.2. The van der Waals surface area contributed by atoms with E-state index in [1.165, 1.54) is 6.33 Å². The molecular formula is C30H22ClN5O. The highest BCUT2D eigenvalue weighted by molar-refractivity contribution is 6.29. The summed E-state index contributed by atoms with van der Waals surface area (Å²) < 4.78 is 7.52. The lowest BCUT2D eigenvalue weighted by molar-refractivity contribution is 0.398. The molecule has 0 atom stereocenters. The minimum absolute atomic E-state index is 0.342. The van der Waals surface area contributed by atoms with E-state index >= 15 is 0 Å². The molecule has 6 aromatic rings. The van der Waals surface area contributed by atoms with E-state index in [-0.39, 0.29) is 0 Å². The lowest BCUT2D eigenvalue weighted by Crippen LogP contribution is -2.38. The average Bonchev–Trinajstić information content (AvgIpc) is 3.34. The first-order valence-corrected chi connectivity index (χ1v) is 12.2. The highest BCUT2D eigenvalue weighted by Gasteiger charge is 2.41. The predicted octanol–water partition coefficient (Wildman–Crippen LogP) is 6.39. The maximum absolute atomic E-state index is 6.27. The molecular weight excluding hydrogens is 482 g/mol. The van der Waals surface area contributed by atoms with Crippen molar-refractivity contribution in [2.24, 2.45) is 0 Å². The highest BCUT2D eigenvalue weighted by atomic mass is 35.5. The summed E-state index contributed by atoms with van der Waals surface area (Å²) in [5.41, 5.74) is 4.45. The highest BCUT2D eigenvalue weighted by Crippen LogP contribution is 2.44. The van der Waals surface area contributed by atoms with Crippen molar-refractivity contribution in [1.29, 1.82) is 0 Å². The Kier molecular flexibility index (Phi) is 5.87. The third kappa shape index (κ3) is 3.82. The normalized spacial score (nSPS) is 11.5. The number of methoxy groups -OCH3 is 1. The van der Waals surface area contributed by atoms with E-state index < -0.39 is 5.54 Å². The molecule has 0 saturated carbocycles. The molecule has 0 aliphatic carbocycles. The fourth-order valence-electron chi connectivity index (χ4n) is 4.92. The molecule has 7 heteroatoms. The van der Waals surface area contributed by atoms with Gasteiger partial charge in [0.15, 0.2) is 0 Å². The molecule has 0 saturated heterocycles. The van der Waals surface area contributed by atoms with Crippen molar-refractivity contribution in [3.05, 3.63) is 137 Å². The van der Waals surface area contributed by atoms with Crippen LogP contribution >= 0.6 is 11.6 Å². The number of rotatable bonds is 6. The van der Waals surface area contributed by atoms with E-state index in [2.05, 4.69) is 51.4 Å². The van der Waals surface area contributed by atoms with Crippen LogP contribution in [-0.2, 0) is 5.54 Å². The zero-order valence-electron chi connectivity index (χ0n) is 20.0. The number of halogens is 1. The van der Waals surface area contributed by atoms with Gasteiger partial charge in [0, 0.05) is 17.5 Å². The van der Waals surface area contributed by atoms with Crippen molar-refractivity contribution in [3.8, 4) is 17.3 Å². The van der Waals surface area contributed by atoms with Crippen LogP contribution in [0.2, 0.25) is 5.15 Å². The van der Waals surface area contributed by atoms with Gasteiger partial charge in [-0.05, 0) is 16.7 Å². The van der Waals surface area contributed by atoms with Crippen LogP contribution in [0, 0.1) is 0 Å². The molecule has 37 heavy (non-hydrogen) atoms. The van der Waals surface area contributed by atoms with E-state index in [1.54, 1.807) is 19.4 Å². The molecule has 0 fully saturated rings. The summed E-state index contributed by atoms with van der Waals surface area (Å²) >= 11 is 6.27. The molecule has 0 N–H and O–H groups in total. The summed E-state index contributed by atoms with van der Waals surface area (Å²) in [7, 11) is 1.60. The molecule has 3 heterocycles. The molecule has 0 unspecified atom stereocenters. The Hall–Kier alpha value is -4.55. The van der Waals surface area contributed by atoms with Gasteiger partial charge in [0.1, 0.15) is 22.7 Å². The summed E-state index contributed by atoms with van der Waals surface area (Å²) in [5.74, 6) is 0.484. The van der Waals surface area contributed by atoms with Crippen LogP contribution in [0.4, 0.5) is 0 Å². The number of aromatic nitrogens is 5. The third-order valence-electron chi connectivity index (χ3n) is 6.52. The first-order valence-electron chi connectivity index (χ1n) is 11.8. The van der Waals surface area contributed by atoms with Gasteiger partial charge in [-0.25, -0.2) is 19.6 Å². The van der Waals surface area contributed by atoms with Gasteiger partial charge >= 0.3 is 0 Å². The van der Waals surface area contributed by atoms with Crippen molar-refractivity contribution in [2.75, 3.05) is 7.11 Å². The minimum atomic E-state index is -0.812. The van der Waals surface area contributed by atoms with E-state index in [4.69, 9.17) is 21.4 Å². The number of hydrogen-bond donors (Lipinski definition) is 0. The largest absolute Gasteiger partial charge is 0.481 e. The van der Waals surface area contributed by atoms with Crippen LogP contribution < -0.4 is 4.74 Å². The minimum Gasteiger partial charge on any atom is -0.481 e. The topological polar surface area (TPSA) is 65.7 Å². The quantitative estimate of drug-likeness (QED) is 0.194. The number of hydrogen-bond acceptors (Lipinski definition) is 5. The monoisotopic (exact) mass is 503 g/mol. The molecule has 0 aliphatic rings. The molecule has 0 aliphatic heterocycles. The van der Waals surface area contributed by atoms with Crippen LogP contribution in [0.3, 0.4) is 0 Å². The zero-order valence-corrected chi connectivity index (χ0v) is 20.7. The van der Waals surface area contributed by atoms with Gasteiger partial charge in [-0.2, -0.15) is 5.10 Å². The molecule has 0 spiro atoms. The number of pyridine rings is 1. The third-order valence-corrected chi connectivity index (χ3v) is 6.73. The van der Waals surface area contributed by atoms with Gasteiger partial charge in [0.25, 0.3) is 0 Å². The lowest BCUT2D eigenvalue weighted by atomic mass is 9.77. The van der Waals surface area contributed by atoms with E-state index in [0.29, 0.717) is 22.4 Å². The predicted molar refractivity (Wildman–Crippen MR) is 145 cm³/mol. The standard InChI is InChI=1S/C30H22ClN5O/c1-37-28-17-24-26(19-32-28)36(35-29(24)25-18-27(31)34-20-33-25)30(21-11-5-2-6-12-21,22-13-7-3-8-14-22)23-15-9-4-10-16-23/h2-20H,1H3. The number of fused-ring (bicyclic) bond motifs is 1.